The fourth-order valence-electron chi connectivity index (χ4n) is 4.22. The third-order valence-corrected chi connectivity index (χ3v) is 6.57. The lowest BCUT2D eigenvalue weighted by molar-refractivity contribution is 0.337. The summed E-state index contributed by atoms with van der Waals surface area (Å²) in [6.07, 6.45) is 5.64. The second-order valence-electron chi connectivity index (χ2n) is 7.14. The Labute approximate surface area is 152 Å². The molecule has 0 spiro atoms. The number of aromatic nitrogens is 2. The van der Waals surface area contributed by atoms with Gasteiger partial charge in [0.25, 0.3) is 0 Å². The van der Waals surface area contributed by atoms with E-state index in [4.69, 9.17) is 4.98 Å². The van der Waals surface area contributed by atoms with Crippen molar-refractivity contribution in [3.05, 3.63) is 36.0 Å². The lowest BCUT2D eigenvalue weighted by atomic mass is 9.94. The minimum Gasteiger partial charge on any atom is -0.312 e. The molecule has 4 heterocycles. The van der Waals surface area contributed by atoms with Crippen LogP contribution >= 0.6 is 11.8 Å². The third-order valence-electron chi connectivity index (χ3n) is 5.49. The zero-order chi connectivity index (χ0) is 16.6. The molecule has 2 N–H and O–H groups in total. The fourth-order valence-corrected chi connectivity index (χ4v) is 5.25. The first-order chi connectivity index (χ1) is 12.4. The molecule has 2 atom stereocenters. The summed E-state index contributed by atoms with van der Waals surface area (Å²) >= 11 is 1.91. The smallest absolute Gasteiger partial charge is 0.238 e. The molecule has 5 nitrogen and oxygen atoms in total. The van der Waals surface area contributed by atoms with Gasteiger partial charge in [-0.1, -0.05) is 18.2 Å². The Morgan fingerprint density at radius 2 is 2.20 bits per heavy atom. The number of anilines is 1. The molecule has 6 heteroatoms. The molecular formula is C19H23N5S. The first-order valence-corrected chi connectivity index (χ1v) is 10.2. The standard InChI is InChI=1S/C19H23N5S/c1-2-6-17-15(5-1)18-13(7-9-25-17)10-21-19(22-18)23-24-11-14-4-3-8-20-16(14)12-24/h1-2,5-6,10,14,16,20H,3-4,7-9,11-12H2,(H,21,22,23). The van der Waals surface area contributed by atoms with E-state index in [0.29, 0.717) is 6.04 Å². The Bertz CT molecular complexity index is 766. The molecule has 5 rings (SSSR count). The summed E-state index contributed by atoms with van der Waals surface area (Å²) in [6.45, 7) is 3.25. The van der Waals surface area contributed by atoms with Crippen LogP contribution in [0.15, 0.2) is 35.4 Å². The minimum absolute atomic E-state index is 0.610. The van der Waals surface area contributed by atoms with Crippen LogP contribution in [-0.2, 0) is 6.42 Å². The normalized spacial score (nSPS) is 25.6. The number of nitrogens with one attached hydrogen (secondary N) is 2. The van der Waals surface area contributed by atoms with Gasteiger partial charge in [0.1, 0.15) is 0 Å². The predicted octanol–water partition coefficient (Wildman–Crippen LogP) is 2.80. The van der Waals surface area contributed by atoms with Crippen LogP contribution in [0.2, 0.25) is 0 Å². The van der Waals surface area contributed by atoms with Crippen molar-refractivity contribution in [2.45, 2.75) is 30.2 Å². The van der Waals surface area contributed by atoms with Crippen molar-refractivity contribution < 1.29 is 0 Å². The second kappa shape index (κ2) is 6.59. The molecule has 130 valence electrons. The molecular weight excluding hydrogens is 330 g/mol. The number of hydrazine groups is 1. The fraction of sp³-hybridized carbons (Fsp3) is 0.474. The number of hydrogen-bond donors (Lipinski definition) is 2. The molecule has 3 aliphatic heterocycles. The number of thioether (sulfide) groups is 1. The van der Waals surface area contributed by atoms with Gasteiger partial charge in [-0.25, -0.2) is 15.0 Å². The third kappa shape index (κ3) is 3.03. The summed E-state index contributed by atoms with van der Waals surface area (Å²) in [5.74, 6) is 2.56. The summed E-state index contributed by atoms with van der Waals surface area (Å²) in [6, 6.07) is 9.19. The van der Waals surface area contributed by atoms with Gasteiger partial charge in [0.15, 0.2) is 0 Å². The first kappa shape index (κ1) is 15.6. The van der Waals surface area contributed by atoms with E-state index in [2.05, 4.69) is 45.0 Å². The van der Waals surface area contributed by atoms with Crippen LogP contribution in [0.25, 0.3) is 11.3 Å². The first-order valence-electron chi connectivity index (χ1n) is 9.20. The van der Waals surface area contributed by atoms with Crippen LogP contribution in [-0.4, -0.2) is 46.4 Å². The number of fused-ring (bicyclic) bond motifs is 4. The van der Waals surface area contributed by atoms with E-state index in [1.54, 1.807) is 0 Å². The molecule has 0 bridgehead atoms. The molecule has 0 amide bonds. The van der Waals surface area contributed by atoms with E-state index in [9.17, 15) is 0 Å². The van der Waals surface area contributed by atoms with Gasteiger partial charge in [0, 0.05) is 41.5 Å². The van der Waals surface area contributed by atoms with Crippen molar-refractivity contribution >= 4 is 17.7 Å². The van der Waals surface area contributed by atoms with E-state index < -0.39 is 0 Å². The zero-order valence-corrected chi connectivity index (χ0v) is 15.1. The minimum atomic E-state index is 0.610. The lowest BCUT2D eigenvalue weighted by Gasteiger charge is -2.24. The van der Waals surface area contributed by atoms with Crippen LogP contribution in [0.3, 0.4) is 0 Å². The van der Waals surface area contributed by atoms with Crippen molar-refractivity contribution in [3.63, 3.8) is 0 Å². The lowest BCUT2D eigenvalue weighted by Crippen LogP contribution is -2.41. The van der Waals surface area contributed by atoms with Crippen molar-refractivity contribution in [3.8, 4) is 11.3 Å². The van der Waals surface area contributed by atoms with E-state index in [0.717, 1.165) is 49.4 Å². The van der Waals surface area contributed by atoms with Gasteiger partial charge < -0.3 is 5.32 Å². The van der Waals surface area contributed by atoms with Gasteiger partial charge in [-0.3, -0.25) is 5.43 Å². The molecule has 0 saturated carbocycles. The molecule has 0 aliphatic carbocycles. The van der Waals surface area contributed by atoms with Crippen LogP contribution in [0.5, 0.6) is 0 Å². The maximum Gasteiger partial charge on any atom is 0.238 e. The summed E-state index contributed by atoms with van der Waals surface area (Å²) in [5.41, 5.74) is 7.04. The molecule has 3 aliphatic rings. The predicted molar refractivity (Wildman–Crippen MR) is 102 cm³/mol. The summed E-state index contributed by atoms with van der Waals surface area (Å²) in [7, 11) is 0. The Morgan fingerprint density at radius 3 is 3.16 bits per heavy atom. The Hall–Kier alpha value is -1.63. The Kier molecular flexibility index (Phi) is 4.12. The van der Waals surface area contributed by atoms with Crippen molar-refractivity contribution in [2.24, 2.45) is 5.92 Å². The molecule has 2 aromatic rings. The maximum absolute atomic E-state index is 4.90. The summed E-state index contributed by atoms with van der Waals surface area (Å²) in [4.78, 5) is 10.8. The number of nitrogens with zero attached hydrogens (tertiary/aromatic N) is 3. The zero-order valence-electron chi connectivity index (χ0n) is 14.2. The molecule has 2 saturated heterocycles. The second-order valence-corrected chi connectivity index (χ2v) is 8.28. The number of hydrogen-bond acceptors (Lipinski definition) is 6. The number of piperidine rings is 1. The van der Waals surface area contributed by atoms with Crippen molar-refractivity contribution in [1.82, 2.24) is 20.3 Å². The van der Waals surface area contributed by atoms with Gasteiger partial charge in [0.05, 0.1) is 5.69 Å². The average molecular weight is 353 g/mol. The SMILES string of the molecule is c1ccc2c(c1)SCCc1cnc(NN3CC4CCCNC4C3)nc1-2. The molecule has 2 unspecified atom stereocenters. The largest absolute Gasteiger partial charge is 0.312 e. The van der Waals surface area contributed by atoms with E-state index in [-0.39, 0.29) is 0 Å². The van der Waals surface area contributed by atoms with Crippen LogP contribution < -0.4 is 10.7 Å². The topological polar surface area (TPSA) is 53.1 Å². The van der Waals surface area contributed by atoms with Gasteiger partial charge in [0.2, 0.25) is 5.95 Å². The van der Waals surface area contributed by atoms with E-state index >= 15 is 0 Å². The molecule has 25 heavy (non-hydrogen) atoms. The highest BCUT2D eigenvalue weighted by Crippen LogP contribution is 2.36. The molecule has 0 radical (unpaired) electrons. The van der Waals surface area contributed by atoms with Gasteiger partial charge in [-0.2, -0.15) is 0 Å². The Morgan fingerprint density at radius 1 is 1.24 bits per heavy atom. The van der Waals surface area contributed by atoms with Crippen LogP contribution in [0.1, 0.15) is 18.4 Å². The molecule has 1 aromatic carbocycles. The van der Waals surface area contributed by atoms with Gasteiger partial charge in [-0.05, 0) is 43.4 Å². The average Bonchev–Trinajstić information content (AvgIpc) is 2.96. The van der Waals surface area contributed by atoms with Crippen molar-refractivity contribution in [2.75, 3.05) is 30.8 Å². The maximum atomic E-state index is 4.90. The monoisotopic (exact) mass is 353 g/mol. The highest BCUT2D eigenvalue weighted by Gasteiger charge is 2.34. The highest BCUT2D eigenvalue weighted by molar-refractivity contribution is 7.99. The van der Waals surface area contributed by atoms with Crippen molar-refractivity contribution in [1.29, 1.82) is 0 Å². The molecule has 1 aromatic heterocycles. The highest BCUT2D eigenvalue weighted by atomic mass is 32.2. The molecule has 2 fully saturated rings. The number of rotatable bonds is 2. The number of aryl methyl sites for hydroxylation is 1. The Balaban J connectivity index is 1.41. The van der Waals surface area contributed by atoms with Gasteiger partial charge in [-0.15, -0.1) is 11.8 Å². The quantitative estimate of drug-likeness (QED) is 0.866. The van der Waals surface area contributed by atoms with E-state index in [1.165, 1.54) is 28.9 Å². The summed E-state index contributed by atoms with van der Waals surface area (Å²) < 4.78 is 0. The number of benzene rings is 1. The summed E-state index contributed by atoms with van der Waals surface area (Å²) in [5, 5.41) is 5.93. The van der Waals surface area contributed by atoms with Gasteiger partial charge >= 0.3 is 0 Å². The van der Waals surface area contributed by atoms with Crippen LogP contribution in [0.4, 0.5) is 5.95 Å². The van der Waals surface area contributed by atoms with E-state index in [1.807, 2.05) is 18.0 Å². The van der Waals surface area contributed by atoms with Crippen LogP contribution in [0, 0.1) is 5.92 Å².